The summed E-state index contributed by atoms with van der Waals surface area (Å²) in [6.45, 7) is 4.36. The number of benzene rings is 2. The van der Waals surface area contributed by atoms with Crippen molar-refractivity contribution in [3.8, 4) is 5.75 Å². The topological polar surface area (TPSA) is 96.0 Å². The minimum absolute atomic E-state index is 0.0550. The van der Waals surface area contributed by atoms with E-state index >= 15 is 0 Å². The van der Waals surface area contributed by atoms with Gasteiger partial charge < -0.3 is 15.0 Å². The largest absolute Gasteiger partial charge is 0.497 e. The molecule has 1 unspecified atom stereocenters. The number of nitrogens with zero attached hydrogens (tertiary/aromatic N) is 2. The third-order valence-electron chi connectivity index (χ3n) is 5.59. The van der Waals surface area contributed by atoms with E-state index < -0.39 is 16.1 Å². The van der Waals surface area contributed by atoms with Gasteiger partial charge in [-0.25, -0.2) is 8.42 Å². The lowest BCUT2D eigenvalue weighted by atomic mass is 10.1. The van der Waals surface area contributed by atoms with Crippen molar-refractivity contribution in [1.82, 2.24) is 10.2 Å². The van der Waals surface area contributed by atoms with Crippen LogP contribution in [0.1, 0.15) is 38.7 Å². The lowest BCUT2D eigenvalue weighted by Crippen LogP contribution is -2.49. The van der Waals surface area contributed by atoms with Gasteiger partial charge in [0.2, 0.25) is 21.8 Å². The molecule has 198 valence electrons. The van der Waals surface area contributed by atoms with E-state index in [2.05, 4.69) is 5.32 Å². The fourth-order valence-electron chi connectivity index (χ4n) is 3.80. The smallest absolute Gasteiger partial charge is 0.242 e. The number of sulfonamides is 1. The Labute approximate surface area is 223 Å². The van der Waals surface area contributed by atoms with Crippen molar-refractivity contribution in [2.24, 2.45) is 0 Å². The molecular weight excluding hydrogens is 525 g/mol. The van der Waals surface area contributed by atoms with Crippen LogP contribution in [0.25, 0.3) is 0 Å². The molecule has 1 atom stereocenters. The molecule has 2 rings (SSSR count). The number of halogens is 2. The molecule has 0 aliphatic rings. The molecule has 2 aromatic carbocycles. The maximum absolute atomic E-state index is 13.4. The Balaban J connectivity index is 2.21. The zero-order valence-electron chi connectivity index (χ0n) is 21.0. The van der Waals surface area contributed by atoms with E-state index in [0.29, 0.717) is 34.4 Å². The Kier molecular flexibility index (Phi) is 11.3. The third kappa shape index (κ3) is 8.28. The molecule has 11 heteroatoms. The van der Waals surface area contributed by atoms with Crippen molar-refractivity contribution in [2.45, 2.75) is 45.7 Å². The van der Waals surface area contributed by atoms with Crippen LogP contribution < -0.4 is 14.4 Å². The number of amides is 2. The van der Waals surface area contributed by atoms with Gasteiger partial charge in [0.1, 0.15) is 11.8 Å². The van der Waals surface area contributed by atoms with E-state index in [1.165, 1.54) is 16.3 Å². The first-order valence-electron chi connectivity index (χ1n) is 11.6. The summed E-state index contributed by atoms with van der Waals surface area (Å²) in [6.07, 6.45) is 1.86. The fourth-order valence-corrected chi connectivity index (χ4v) is 5.08. The highest BCUT2D eigenvalue weighted by molar-refractivity contribution is 7.92. The molecule has 1 N–H and O–H groups in total. The molecule has 8 nitrogen and oxygen atoms in total. The number of methoxy groups -OCH3 is 1. The van der Waals surface area contributed by atoms with Crippen LogP contribution in [0.5, 0.6) is 5.75 Å². The van der Waals surface area contributed by atoms with E-state index in [1.54, 1.807) is 42.5 Å². The van der Waals surface area contributed by atoms with Crippen LogP contribution in [0.2, 0.25) is 10.0 Å². The second-order valence-electron chi connectivity index (χ2n) is 8.23. The second-order valence-corrected chi connectivity index (χ2v) is 10.9. The first-order valence-corrected chi connectivity index (χ1v) is 14.2. The molecule has 0 bridgehead atoms. The SMILES string of the molecule is CCNC(=O)C(CC)N(Cc1ccc(Cl)c(Cl)c1)C(=O)CCCN(c1ccc(OC)cc1)S(C)(=O)=O. The van der Waals surface area contributed by atoms with Crippen LogP contribution in [0.4, 0.5) is 5.69 Å². The molecule has 0 radical (unpaired) electrons. The van der Waals surface area contributed by atoms with Crippen molar-refractivity contribution in [3.63, 3.8) is 0 Å². The molecule has 2 amide bonds. The molecule has 0 fully saturated rings. The first-order chi connectivity index (χ1) is 17.0. The zero-order valence-corrected chi connectivity index (χ0v) is 23.3. The van der Waals surface area contributed by atoms with Gasteiger partial charge in [-0.2, -0.15) is 0 Å². The van der Waals surface area contributed by atoms with E-state index in [9.17, 15) is 18.0 Å². The summed E-state index contributed by atoms with van der Waals surface area (Å²) in [7, 11) is -2.05. The van der Waals surface area contributed by atoms with Crippen molar-refractivity contribution in [3.05, 3.63) is 58.1 Å². The lowest BCUT2D eigenvalue weighted by molar-refractivity contribution is -0.141. The Bertz CT molecular complexity index is 1140. The summed E-state index contributed by atoms with van der Waals surface area (Å²) < 4.78 is 31.3. The highest BCUT2D eigenvalue weighted by atomic mass is 35.5. The molecule has 2 aromatic rings. The van der Waals surface area contributed by atoms with Crippen molar-refractivity contribution in [1.29, 1.82) is 0 Å². The number of hydrogen-bond donors (Lipinski definition) is 1. The van der Waals surface area contributed by atoms with Gasteiger partial charge in [0.25, 0.3) is 0 Å². The number of nitrogens with one attached hydrogen (secondary N) is 1. The van der Waals surface area contributed by atoms with Crippen LogP contribution in [0, 0.1) is 0 Å². The summed E-state index contributed by atoms with van der Waals surface area (Å²) in [5.41, 5.74) is 1.21. The number of likely N-dealkylation sites (N-methyl/N-ethyl adjacent to an activating group) is 1. The van der Waals surface area contributed by atoms with Crippen LogP contribution in [-0.4, -0.2) is 57.6 Å². The van der Waals surface area contributed by atoms with Gasteiger partial charge in [-0.3, -0.25) is 13.9 Å². The molecule has 0 aromatic heterocycles. The molecule has 0 spiro atoms. The zero-order chi connectivity index (χ0) is 26.9. The number of hydrogen-bond acceptors (Lipinski definition) is 5. The monoisotopic (exact) mass is 557 g/mol. The van der Waals surface area contributed by atoms with Crippen LogP contribution in [0.15, 0.2) is 42.5 Å². The van der Waals surface area contributed by atoms with E-state index in [1.807, 2.05) is 13.8 Å². The van der Waals surface area contributed by atoms with Crippen LogP contribution in [0.3, 0.4) is 0 Å². The Morgan fingerprint density at radius 1 is 1.06 bits per heavy atom. The summed E-state index contributed by atoms with van der Waals surface area (Å²) in [5, 5.41) is 3.54. The lowest BCUT2D eigenvalue weighted by Gasteiger charge is -2.31. The first kappa shape index (κ1) is 29.7. The van der Waals surface area contributed by atoms with Gasteiger partial charge in [-0.15, -0.1) is 0 Å². The standard InChI is InChI=1S/C25H33Cl2N3O5S/c1-5-23(25(32)28-6-2)29(17-18-9-14-21(26)22(27)16-18)24(31)8-7-15-30(36(4,33)34)19-10-12-20(35-3)13-11-19/h9-14,16,23H,5-8,15,17H2,1-4H3,(H,28,32). The van der Waals surface area contributed by atoms with E-state index in [4.69, 9.17) is 27.9 Å². The summed E-state index contributed by atoms with van der Waals surface area (Å²) in [4.78, 5) is 27.6. The minimum atomic E-state index is -3.58. The second kappa shape index (κ2) is 13.7. The number of ether oxygens (including phenoxy) is 1. The molecular formula is C25H33Cl2N3O5S. The average Bonchev–Trinajstić information content (AvgIpc) is 2.83. The Morgan fingerprint density at radius 3 is 2.25 bits per heavy atom. The molecule has 0 saturated heterocycles. The number of rotatable bonds is 13. The Hall–Kier alpha value is -2.49. The predicted molar refractivity (Wildman–Crippen MR) is 144 cm³/mol. The van der Waals surface area contributed by atoms with Gasteiger partial charge in [0.05, 0.1) is 29.1 Å². The predicted octanol–water partition coefficient (Wildman–Crippen LogP) is 4.49. The number of anilines is 1. The van der Waals surface area contributed by atoms with Gasteiger partial charge in [-0.1, -0.05) is 36.2 Å². The summed E-state index contributed by atoms with van der Waals surface area (Å²) in [6, 6.07) is 11.1. The third-order valence-corrected chi connectivity index (χ3v) is 7.52. The molecule has 0 aliphatic heterocycles. The van der Waals surface area contributed by atoms with Crippen molar-refractivity contribution < 1.29 is 22.7 Å². The maximum Gasteiger partial charge on any atom is 0.242 e. The van der Waals surface area contributed by atoms with Crippen molar-refractivity contribution in [2.75, 3.05) is 30.8 Å². The Morgan fingerprint density at radius 2 is 1.72 bits per heavy atom. The fraction of sp³-hybridized carbons (Fsp3) is 0.440. The van der Waals surface area contributed by atoms with Gasteiger partial charge in [-0.05, 0) is 61.7 Å². The minimum Gasteiger partial charge on any atom is -0.497 e. The quantitative estimate of drug-likeness (QED) is 0.391. The average molecular weight is 559 g/mol. The van der Waals surface area contributed by atoms with Gasteiger partial charge in [0, 0.05) is 26.1 Å². The summed E-state index contributed by atoms with van der Waals surface area (Å²) in [5.74, 6) is 0.100. The number of carbonyl (C=O) groups is 2. The van der Waals surface area contributed by atoms with E-state index in [-0.39, 0.29) is 37.7 Å². The van der Waals surface area contributed by atoms with E-state index in [0.717, 1.165) is 11.8 Å². The highest BCUT2D eigenvalue weighted by Crippen LogP contribution is 2.25. The van der Waals surface area contributed by atoms with Gasteiger partial charge in [0.15, 0.2) is 0 Å². The van der Waals surface area contributed by atoms with Crippen LogP contribution >= 0.6 is 23.2 Å². The highest BCUT2D eigenvalue weighted by Gasteiger charge is 2.28. The number of carbonyl (C=O) groups excluding carboxylic acids is 2. The maximum atomic E-state index is 13.4. The van der Waals surface area contributed by atoms with Gasteiger partial charge >= 0.3 is 0 Å². The molecule has 36 heavy (non-hydrogen) atoms. The molecule has 0 heterocycles. The normalized spacial score (nSPS) is 12.1. The molecule has 0 aliphatic carbocycles. The molecule has 0 saturated carbocycles. The van der Waals surface area contributed by atoms with Crippen LogP contribution in [-0.2, 0) is 26.2 Å². The summed E-state index contributed by atoms with van der Waals surface area (Å²) >= 11 is 12.2. The van der Waals surface area contributed by atoms with Crippen molar-refractivity contribution >= 4 is 50.7 Å².